The van der Waals surface area contributed by atoms with Crippen LogP contribution in [0.5, 0.6) is 0 Å². The highest BCUT2D eigenvalue weighted by molar-refractivity contribution is 5.62. The lowest BCUT2D eigenvalue weighted by Crippen LogP contribution is -2.01. The average molecular weight is 353 g/mol. The van der Waals surface area contributed by atoms with Crippen molar-refractivity contribution in [1.82, 2.24) is 0 Å². The van der Waals surface area contributed by atoms with Gasteiger partial charge in [0.15, 0.2) is 0 Å². The predicted molar refractivity (Wildman–Crippen MR) is 110 cm³/mol. The van der Waals surface area contributed by atoms with Gasteiger partial charge >= 0.3 is 0 Å². The molecule has 2 rings (SSSR count). The Morgan fingerprint density at radius 2 is 1.35 bits per heavy atom. The molecule has 0 heterocycles. The molecule has 0 radical (unpaired) electrons. The third-order valence-corrected chi connectivity index (χ3v) is 4.51. The molecule has 26 heavy (non-hydrogen) atoms. The molecule has 2 aromatic carbocycles. The van der Waals surface area contributed by atoms with E-state index >= 15 is 0 Å². The fourth-order valence-corrected chi connectivity index (χ4v) is 2.82. The Hall–Kier alpha value is -2.22. The van der Waals surface area contributed by atoms with E-state index in [-0.39, 0.29) is 5.92 Å². The monoisotopic (exact) mass is 352 g/mol. The fraction of sp³-hybridized carbons (Fsp3) is 0.417. The van der Waals surface area contributed by atoms with Gasteiger partial charge in [0.05, 0.1) is 0 Å². The van der Waals surface area contributed by atoms with E-state index in [0.717, 1.165) is 24.6 Å². The van der Waals surface area contributed by atoms with Crippen molar-refractivity contribution in [2.75, 3.05) is 0 Å². The van der Waals surface area contributed by atoms with Crippen LogP contribution in [-0.2, 0) is 16.0 Å². The number of aldehydes is 2. The van der Waals surface area contributed by atoms with Crippen LogP contribution in [0.25, 0.3) is 0 Å². The summed E-state index contributed by atoms with van der Waals surface area (Å²) in [5.74, 6) is 1.08. The summed E-state index contributed by atoms with van der Waals surface area (Å²) in [5, 5.41) is 0. The highest BCUT2D eigenvalue weighted by Crippen LogP contribution is 2.24. The van der Waals surface area contributed by atoms with E-state index in [2.05, 4.69) is 58.0 Å². The van der Waals surface area contributed by atoms with Crippen LogP contribution in [0.4, 0.5) is 0 Å². The Balaban J connectivity index is 0.000000260. The van der Waals surface area contributed by atoms with Crippen molar-refractivity contribution in [3.05, 3.63) is 70.8 Å². The second kappa shape index (κ2) is 11.4. The van der Waals surface area contributed by atoms with Crippen LogP contribution >= 0.6 is 0 Å². The topological polar surface area (TPSA) is 34.1 Å². The van der Waals surface area contributed by atoms with Crippen molar-refractivity contribution in [3.63, 3.8) is 0 Å². The highest BCUT2D eigenvalue weighted by Gasteiger charge is 2.10. The molecular formula is C24H32O2. The van der Waals surface area contributed by atoms with E-state index in [0.29, 0.717) is 18.3 Å². The minimum absolute atomic E-state index is 0.0126. The molecule has 1 atom stereocenters. The normalized spacial score (nSPS) is 11.7. The Morgan fingerprint density at radius 1 is 0.769 bits per heavy atom. The lowest BCUT2D eigenvalue weighted by atomic mass is 9.91. The maximum Gasteiger partial charge on any atom is 0.127 e. The highest BCUT2D eigenvalue weighted by atomic mass is 16.1. The van der Waals surface area contributed by atoms with Gasteiger partial charge < -0.3 is 9.59 Å². The third-order valence-electron chi connectivity index (χ3n) is 4.51. The maximum absolute atomic E-state index is 10.7. The molecule has 0 spiro atoms. The first-order chi connectivity index (χ1) is 12.4. The lowest BCUT2D eigenvalue weighted by molar-refractivity contribution is -0.109. The second-order valence-corrected chi connectivity index (χ2v) is 7.31. The summed E-state index contributed by atoms with van der Waals surface area (Å²) >= 11 is 0. The zero-order chi connectivity index (χ0) is 19.5. The van der Waals surface area contributed by atoms with Crippen molar-refractivity contribution < 1.29 is 9.59 Å². The molecule has 0 aliphatic carbocycles. The van der Waals surface area contributed by atoms with Crippen LogP contribution in [0, 0.1) is 0 Å². The molecule has 140 valence electrons. The number of benzene rings is 2. The number of rotatable bonds is 7. The second-order valence-electron chi connectivity index (χ2n) is 7.31. The summed E-state index contributed by atoms with van der Waals surface area (Å²) < 4.78 is 0. The summed E-state index contributed by atoms with van der Waals surface area (Å²) in [6.07, 6.45) is 3.46. The molecular weight excluding hydrogens is 320 g/mol. The molecule has 0 saturated heterocycles. The minimum atomic E-state index is 0.0126. The van der Waals surface area contributed by atoms with Gasteiger partial charge in [-0.2, -0.15) is 0 Å². The van der Waals surface area contributed by atoms with Gasteiger partial charge in [-0.15, -0.1) is 0 Å². The van der Waals surface area contributed by atoms with Crippen molar-refractivity contribution >= 4 is 12.6 Å². The van der Waals surface area contributed by atoms with Crippen LogP contribution < -0.4 is 0 Å². The summed E-state index contributed by atoms with van der Waals surface area (Å²) in [4.78, 5) is 20.8. The third kappa shape index (κ3) is 6.95. The first kappa shape index (κ1) is 21.8. The average Bonchev–Trinajstić information content (AvgIpc) is 2.66. The van der Waals surface area contributed by atoms with Gasteiger partial charge in [0, 0.05) is 12.3 Å². The van der Waals surface area contributed by atoms with Gasteiger partial charge in [0.2, 0.25) is 0 Å². The van der Waals surface area contributed by atoms with Crippen molar-refractivity contribution in [3.8, 4) is 0 Å². The van der Waals surface area contributed by atoms with Gasteiger partial charge in [-0.3, -0.25) is 0 Å². The molecule has 0 N–H and O–H groups in total. The molecule has 0 bridgehead atoms. The van der Waals surface area contributed by atoms with Gasteiger partial charge in [-0.1, -0.05) is 83.1 Å². The quantitative estimate of drug-likeness (QED) is 0.568. The number of aryl methyl sites for hydroxylation is 1. The Labute approximate surface area is 158 Å². The summed E-state index contributed by atoms with van der Waals surface area (Å²) in [5.41, 5.74) is 5.04. The number of hydrogen-bond donors (Lipinski definition) is 0. The SMILES string of the molecule is CC(C)c1ccc(CCC=O)cc1.CC(C)c1ccccc1C(C)C=O. The number of carbonyl (C=O) groups is 2. The number of carbonyl (C=O) groups excluding carboxylic acids is 2. The van der Waals surface area contributed by atoms with Crippen molar-refractivity contribution in [2.45, 2.75) is 65.2 Å². The first-order valence-corrected chi connectivity index (χ1v) is 9.47. The van der Waals surface area contributed by atoms with E-state index in [4.69, 9.17) is 0 Å². The van der Waals surface area contributed by atoms with Crippen LogP contribution in [0.1, 0.15) is 81.0 Å². The van der Waals surface area contributed by atoms with Gasteiger partial charge in [-0.05, 0) is 40.5 Å². The van der Waals surface area contributed by atoms with E-state index in [1.807, 2.05) is 25.1 Å². The minimum Gasteiger partial charge on any atom is -0.303 e. The van der Waals surface area contributed by atoms with Crippen LogP contribution in [0.15, 0.2) is 48.5 Å². The van der Waals surface area contributed by atoms with E-state index in [1.54, 1.807) is 0 Å². The Kier molecular flexibility index (Phi) is 9.57. The Bertz CT molecular complexity index is 669. The lowest BCUT2D eigenvalue weighted by Gasteiger charge is -2.14. The van der Waals surface area contributed by atoms with E-state index in [9.17, 15) is 9.59 Å². The first-order valence-electron chi connectivity index (χ1n) is 9.47. The Morgan fingerprint density at radius 3 is 1.81 bits per heavy atom. The smallest absolute Gasteiger partial charge is 0.127 e. The molecule has 0 aromatic heterocycles. The standard InChI is InChI=1S/2C12H16O/c1-9(2)11-6-4-5-7-12(11)10(3)8-13;1-10(2)12-7-5-11(6-8-12)4-3-9-13/h4-10H,1-3H3;5-10H,3-4H2,1-2H3. The predicted octanol–water partition coefficient (Wildman–Crippen LogP) is 6.05. The fourth-order valence-electron chi connectivity index (χ4n) is 2.82. The van der Waals surface area contributed by atoms with Crippen molar-refractivity contribution in [1.29, 1.82) is 0 Å². The molecule has 0 saturated carbocycles. The molecule has 0 amide bonds. The molecule has 2 nitrogen and oxygen atoms in total. The van der Waals surface area contributed by atoms with Crippen LogP contribution in [-0.4, -0.2) is 12.6 Å². The molecule has 2 aromatic rings. The molecule has 0 aliphatic rings. The van der Waals surface area contributed by atoms with E-state index < -0.39 is 0 Å². The summed E-state index contributed by atoms with van der Waals surface area (Å²) in [7, 11) is 0. The largest absolute Gasteiger partial charge is 0.303 e. The van der Waals surface area contributed by atoms with Crippen LogP contribution in [0.2, 0.25) is 0 Å². The van der Waals surface area contributed by atoms with Gasteiger partial charge in [0.1, 0.15) is 12.6 Å². The molecule has 1 unspecified atom stereocenters. The molecule has 0 aliphatic heterocycles. The zero-order valence-corrected chi connectivity index (χ0v) is 16.7. The van der Waals surface area contributed by atoms with Gasteiger partial charge in [0.25, 0.3) is 0 Å². The molecule has 0 fully saturated rings. The van der Waals surface area contributed by atoms with Crippen LogP contribution in [0.3, 0.4) is 0 Å². The summed E-state index contributed by atoms with van der Waals surface area (Å²) in [6.45, 7) is 10.6. The maximum atomic E-state index is 10.7. The van der Waals surface area contributed by atoms with Gasteiger partial charge in [-0.25, -0.2) is 0 Å². The van der Waals surface area contributed by atoms with Crippen molar-refractivity contribution in [2.24, 2.45) is 0 Å². The summed E-state index contributed by atoms with van der Waals surface area (Å²) in [6, 6.07) is 16.7. The van der Waals surface area contributed by atoms with E-state index in [1.165, 1.54) is 16.7 Å². The molecule has 2 heteroatoms. The zero-order valence-electron chi connectivity index (χ0n) is 16.7. The number of hydrogen-bond acceptors (Lipinski definition) is 2.